The molecule has 0 bridgehead atoms. The fraction of sp³-hybridized carbons (Fsp3) is 0.700. The lowest BCUT2D eigenvalue weighted by Crippen LogP contribution is -2.55. The first kappa shape index (κ1) is 22.2. The molecule has 9 heteroatoms. The number of carbonyl (C=O) groups excluding carboxylic acids is 1. The van der Waals surface area contributed by atoms with E-state index in [0.717, 1.165) is 39.0 Å². The highest BCUT2D eigenvalue weighted by Crippen LogP contribution is 2.29. The molecule has 0 unspecified atom stereocenters. The minimum Gasteiger partial charge on any atom is -0.444 e. The number of pyridine rings is 1. The summed E-state index contributed by atoms with van der Waals surface area (Å²) in [5.41, 5.74) is -0.686. The van der Waals surface area contributed by atoms with Crippen LogP contribution in [-0.2, 0) is 4.74 Å². The van der Waals surface area contributed by atoms with Gasteiger partial charge in [-0.2, -0.15) is 0 Å². The SMILES string of the molecule is CC(C)(C)OC(=O)N1CCN(C2CCN(c3ccc(Br)c(C(F)F)n3)CC2)CC1. The molecule has 2 aliphatic heterocycles. The lowest BCUT2D eigenvalue weighted by atomic mass is 10.0. The summed E-state index contributed by atoms with van der Waals surface area (Å²) in [7, 11) is 0. The van der Waals surface area contributed by atoms with Crippen LogP contribution in [0.3, 0.4) is 0 Å². The van der Waals surface area contributed by atoms with Crippen molar-refractivity contribution in [3.63, 3.8) is 0 Å². The minimum absolute atomic E-state index is 0.206. The predicted molar refractivity (Wildman–Crippen MR) is 112 cm³/mol. The number of nitrogens with zero attached hydrogens (tertiary/aromatic N) is 4. The number of carbonyl (C=O) groups is 1. The van der Waals surface area contributed by atoms with Crippen molar-refractivity contribution in [1.29, 1.82) is 0 Å². The number of piperazine rings is 1. The van der Waals surface area contributed by atoms with Crippen LogP contribution in [0.1, 0.15) is 45.7 Å². The Kier molecular flexibility index (Phi) is 6.98. The zero-order valence-corrected chi connectivity index (χ0v) is 18.8. The Morgan fingerprint density at radius 3 is 2.31 bits per heavy atom. The van der Waals surface area contributed by atoms with E-state index in [0.29, 0.717) is 29.4 Å². The van der Waals surface area contributed by atoms with Crippen LogP contribution in [0.25, 0.3) is 0 Å². The molecule has 2 aliphatic rings. The second kappa shape index (κ2) is 9.12. The number of piperidine rings is 1. The van der Waals surface area contributed by atoms with Gasteiger partial charge in [0.1, 0.15) is 17.1 Å². The molecule has 0 aliphatic carbocycles. The third-order valence-electron chi connectivity index (χ3n) is 5.34. The van der Waals surface area contributed by atoms with E-state index in [1.807, 2.05) is 20.8 Å². The lowest BCUT2D eigenvalue weighted by molar-refractivity contribution is 0.00901. The number of anilines is 1. The number of hydrogen-bond acceptors (Lipinski definition) is 5. The summed E-state index contributed by atoms with van der Waals surface area (Å²) in [6.07, 6.45) is -0.936. The quantitative estimate of drug-likeness (QED) is 0.653. The number of alkyl halides is 2. The van der Waals surface area contributed by atoms with E-state index in [-0.39, 0.29) is 11.8 Å². The summed E-state index contributed by atoms with van der Waals surface area (Å²) in [5.74, 6) is 0.608. The van der Waals surface area contributed by atoms with Crippen LogP contribution < -0.4 is 4.90 Å². The molecule has 0 spiro atoms. The maximum Gasteiger partial charge on any atom is 0.410 e. The van der Waals surface area contributed by atoms with E-state index in [9.17, 15) is 13.6 Å². The van der Waals surface area contributed by atoms with Gasteiger partial charge < -0.3 is 14.5 Å². The molecule has 2 saturated heterocycles. The van der Waals surface area contributed by atoms with Gasteiger partial charge in [-0.3, -0.25) is 4.90 Å². The van der Waals surface area contributed by atoms with Crippen LogP contribution in [0.15, 0.2) is 16.6 Å². The lowest BCUT2D eigenvalue weighted by Gasteiger charge is -2.43. The zero-order valence-electron chi connectivity index (χ0n) is 17.2. The van der Waals surface area contributed by atoms with E-state index in [1.54, 1.807) is 17.0 Å². The number of rotatable bonds is 3. The summed E-state index contributed by atoms with van der Waals surface area (Å²) in [6.45, 7) is 10.2. The number of ether oxygens (including phenoxy) is 1. The molecular weight excluding hydrogens is 446 g/mol. The molecule has 2 fully saturated rings. The zero-order chi connectivity index (χ0) is 21.2. The van der Waals surface area contributed by atoms with Crippen LogP contribution in [0.5, 0.6) is 0 Å². The number of halogens is 3. The third-order valence-corrected chi connectivity index (χ3v) is 6.01. The topological polar surface area (TPSA) is 48.9 Å². The van der Waals surface area contributed by atoms with Gasteiger partial charge in [0, 0.05) is 49.8 Å². The first-order valence-corrected chi connectivity index (χ1v) is 10.8. The molecule has 3 rings (SSSR count). The summed E-state index contributed by atoms with van der Waals surface area (Å²) >= 11 is 3.14. The van der Waals surface area contributed by atoms with Gasteiger partial charge in [0.05, 0.1) is 0 Å². The molecule has 0 aromatic carbocycles. The van der Waals surface area contributed by atoms with Crippen molar-refractivity contribution < 1.29 is 18.3 Å². The first-order chi connectivity index (χ1) is 13.6. The third kappa shape index (κ3) is 5.78. The monoisotopic (exact) mass is 474 g/mol. The van der Waals surface area contributed by atoms with Crippen molar-refractivity contribution in [3.05, 3.63) is 22.3 Å². The number of amides is 1. The summed E-state index contributed by atoms with van der Waals surface area (Å²) in [4.78, 5) is 22.6. The first-order valence-electron chi connectivity index (χ1n) is 10.1. The van der Waals surface area contributed by atoms with Gasteiger partial charge in [-0.1, -0.05) is 0 Å². The van der Waals surface area contributed by atoms with E-state index in [4.69, 9.17) is 4.74 Å². The fourth-order valence-electron chi connectivity index (χ4n) is 3.83. The molecule has 0 atom stereocenters. The Balaban J connectivity index is 1.49. The molecule has 0 saturated carbocycles. The maximum atomic E-state index is 13.1. The van der Waals surface area contributed by atoms with Crippen LogP contribution in [-0.4, -0.2) is 71.8 Å². The van der Waals surface area contributed by atoms with Gasteiger partial charge in [0.15, 0.2) is 0 Å². The molecule has 0 N–H and O–H groups in total. The van der Waals surface area contributed by atoms with Gasteiger partial charge in [-0.25, -0.2) is 18.6 Å². The van der Waals surface area contributed by atoms with Gasteiger partial charge in [0.2, 0.25) is 0 Å². The molecule has 162 valence electrons. The van der Waals surface area contributed by atoms with Crippen LogP contribution >= 0.6 is 15.9 Å². The second-order valence-electron chi connectivity index (χ2n) is 8.56. The number of hydrogen-bond donors (Lipinski definition) is 0. The molecule has 0 radical (unpaired) electrons. The average molecular weight is 475 g/mol. The summed E-state index contributed by atoms with van der Waals surface area (Å²) < 4.78 is 32.0. The van der Waals surface area contributed by atoms with E-state index < -0.39 is 12.0 Å². The molecular formula is C20H29BrF2N4O2. The predicted octanol–water partition coefficient (Wildman–Crippen LogP) is 4.30. The smallest absolute Gasteiger partial charge is 0.410 e. The van der Waals surface area contributed by atoms with E-state index in [2.05, 4.69) is 30.7 Å². The van der Waals surface area contributed by atoms with Crippen molar-refractivity contribution in [2.24, 2.45) is 0 Å². The normalized spacial score (nSPS) is 19.7. The largest absolute Gasteiger partial charge is 0.444 e. The van der Waals surface area contributed by atoms with Crippen LogP contribution in [0.2, 0.25) is 0 Å². The summed E-state index contributed by atoms with van der Waals surface area (Å²) in [5, 5.41) is 0. The van der Waals surface area contributed by atoms with Crippen LogP contribution in [0.4, 0.5) is 19.4 Å². The van der Waals surface area contributed by atoms with Crippen molar-refractivity contribution in [2.45, 2.75) is 51.7 Å². The van der Waals surface area contributed by atoms with Gasteiger partial charge in [-0.05, 0) is 61.7 Å². The Hall–Kier alpha value is -1.48. The van der Waals surface area contributed by atoms with Gasteiger partial charge in [0.25, 0.3) is 6.43 Å². The standard InChI is InChI=1S/C20H29BrF2N4O2/c1-20(2,3)29-19(28)27-12-10-25(11-13-27)14-6-8-26(9-7-14)16-5-4-15(21)17(24-16)18(22)23/h4-5,14,18H,6-13H2,1-3H3. The highest BCUT2D eigenvalue weighted by Gasteiger charge is 2.31. The minimum atomic E-state index is -2.59. The molecule has 1 aromatic rings. The maximum absolute atomic E-state index is 13.1. The Morgan fingerprint density at radius 2 is 1.76 bits per heavy atom. The fourth-order valence-corrected chi connectivity index (χ4v) is 4.23. The van der Waals surface area contributed by atoms with Crippen LogP contribution in [0, 0.1) is 0 Å². The van der Waals surface area contributed by atoms with Crippen molar-refractivity contribution >= 4 is 27.8 Å². The van der Waals surface area contributed by atoms with Crippen molar-refractivity contribution in [3.8, 4) is 0 Å². The van der Waals surface area contributed by atoms with Crippen molar-refractivity contribution in [1.82, 2.24) is 14.8 Å². The molecule has 1 aromatic heterocycles. The molecule has 29 heavy (non-hydrogen) atoms. The number of aromatic nitrogens is 1. The second-order valence-corrected chi connectivity index (χ2v) is 9.41. The Bertz CT molecular complexity index is 713. The molecule has 1 amide bonds. The Labute approximate surface area is 179 Å². The van der Waals surface area contributed by atoms with E-state index in [1.165, 1.54) is 0 Å². The highest BCUT2D eigenvalue weighted by atomic mass is 79.9. The van der Waals surface area contributed by atoms with Gasteiger partial charge >= 0.3 is 6.09 Å². The molecule has 3 heterocycles. The van der Waals surface area contributed by atoms with Gasteiger partial charge in [-0.15, -0.1) is 0 Å². The Morgan fingerprint density at radius 1 is 1.14 bits per heavy atom. The summed E-state index contributed by atoms with van der Waals surface area (Å²) in [6, 6.07) is 3.87. The molecule has 6 nitrogen and oxygen atoms in total. The van der Waals surface area contributed by atoms with E-state index >= 15 is 0 Å². The average Bonchev–Trinajstić information content (AvgIpc) is 2.67. The van der Waals surface area contributed by atoms with Crippen molar-refractivity contribution in [2.75, 3.05) is 44.2 Å². The highest BCUT2D eigenvalue weighted by molar-refractivity contribution is 9.10.